The van der Waals surface area contributed by atoms with Crippen molar-refractivity contribution in [3.63, 3.8) is 0 Å². The molecule has 0 N–H and O–H groups in total. The molecule has 2 aromatic heterocycles. The molecule has 5 aromatic carbocycles. The van der Waals surface area contributed by atoms with E-state index in [1.54, 1.807) is 16.8 Å². The Kier molecular flexibility index (Phi) is 10.2. The summed E-state index contributed by atoms with van der Waals surface area (Å²) in [5, 5.41) is 9.53. The Bertz CT molecular complexity index is 2120. The minimum absolute atomic E-state index is 0.0711. The van der Waals surface area contributed by atoms with Crippen LogP contribution in [-0.2, 0) is 10.3 Å². The molecule has 0 saturated carbocycles. The van der Waals surface area contributed by atoms with Crippen molar-refractivity contribution in [3.05, 3.63) is 202 Å². The largest absolute Gasteiger partial charge is 0.477 e. The van der Waals surface area contributed by atoms with E-state index < -0.39 is 5.54 Å². The van der Waals surface area contributed by atoms with Gasteiger partial charge in [0.05, 0.1) is 12.7 Å². The van der Waals surface area contributed by atoms with Gasteiger partial charge in [-0.2, -0.15) is 9.20 Å². The second-order valence-electron chi connectivity index (χ2n) is 13.5. The van der Waals surface area contributed by atoms with Crippen molar-refractivity contribution in [2.24, 2.45) is 0 Å². The Balaban J connectivity index is 0.941. The molecule has 8 rings (SSSR count). The van der Waals surface area contributed by atoms with Crippen LogP contribution in [0.1, 0.15) is 53.2 Å². The van der Waals surface area contributed by atoms with Gasteiger partial charge >= 0.3 is 5.69 Å². The average Bonchev–Trinajstić information content (AvgIpc) is 3.56. The third-order valence-corrected chi connectivity index (χ3v) is 10.2. The van der Waals surface area contributed by atoms with E-state index in [0.717, 1.165) is 55.6 Å². The highest BCUT2D eigenvalue weighted by molar-refractivity contribution is 5.51. The number of nitrogens with zero attached hydrogens (tertiary/aromatic N) is 5. The smallest absolute Gasteiger partial charge is 0.368 e. The maximum atomic E-state index is 14.4. The van der Waals surface area contributed by atoms with Crippen LogP contribution in [0.25, 0.3) is 5.65 Å². The predicted octanol–water partition coefficient (Wildman–Crippen LogP) is 7.77. The van der Waals surface area contributed by atoms with Gasteiger partial charge in [0, 0.05) is 25.7 Å². The van der Waals surface area contributed by atoms with Gasteiger partial charge in [-0.1, -0.05) is 152 Å². The van der Waals surface area contributed by atoms with Gasteiger partial charge in [0.25, 0.3) is 0 Å². The molecule has 0 unspecified atom stereocenters. The molecule has 1 saturated heterocycles. The van der Waals surface area contributed by atoms with Crippen LogP contribution in [0, 0.1) is 0 Å². The van der Waals surface area contributed by atoms with Crippen molar-refractivity contribution in [1.82, 2.24) is 24.3 Å². The van der Waals surface area contributed by atoms with Gasteiger partial charge < -0.3 is 14.4 Å². The lowest BCUT2D eigenvalue weighted by molar-refractivity contribution is -0.0273. The van der Waals surface area contributed by atoms with Gasteiger partial charge in [0.15, 0.2) is 5.65 Å². The van der Waals surface area contributed by atoms with E-state index in [1.807, 2.05) is 103 Å². The normalized spacial score (nSPS) is 14.1. The molecule has 0 atom stereocenters. The number of hydrogen-bond donors (Lipinski definition) is 0. The molecule has 8 nitrogen and oxygen atoms in total. The summed E-state index contributed by atoms with van der Waals surface area (Å²) < 4.78 is 15.8. The highest BCUT2D eigenvalue weighted by Crippen LogP contribution is 2.39. The minimum atomic E-state index is -1.03. The zero-order valence-electron chi connectivity index (χ0n) is 29.7. The fourth-order valence-electron chi connectivity index (χ4n) is 7.58. The Morgan fingerprint density at radius 3 is 1.62 bits per heavy atom. The molecule has 0 radical (unpaired) electrons. The minimum Gasteiger partial charge on any atom is -0.477 e. The molecule has 1 aliphatic heterocycles. The Morgan fingerprint density at radius 1 is 0.623 bits per heavy atom. The first-order valence-corrected chi connectivity index (χ1v) is 18.5. The number of piperidine rings is 1. The zero-order valence-corrected chi connectivity index (χ0v) is 29.7. The summed E-state index contributed by atoms with van der Waals surface area (Å²) in [6, 6.07) is 54.7. The third kappa shape index (κ3) is 7.16. The molecule has 53 heavy (non-hydrogen) atoms. The topological polar surface area (TPSA) is 73.9 Å². The first-order chi connectivity index (χ1) is 26.2. The lowest BCUT2D eigenvalue weighted by atomic mass is 9.77. The molecular formula is C45H43N5O3. The van der Waals surface area contributed by atoms with E-state index in [9.17, 15) is 4.79 Å². The van der Waals surface area contributed by atoms with Crippen LogP contribution < -0.4 is 10.4 Å². The summed E-state index contributed by atoms with van der Waals surface area (Å²) in [6.45, 7) is 3.36. The summed E-state index contributed by atoms with van der Waals surface area (Å²) >= 11 is 0. The van der Waals surface area contributed by atoms with Gasteiger partial charge in [-0.3, -0.25) is 0 Å². The van der Waals surface area contributed by atoms with E-state index in [2.05, 4.69) is 58.5 Å². The van der Waals surface area contributed by atoms with Gasteiger partial charge in [-0.05, 0) is 53.1 Å². The summed E-state index contributed by atoms with van der Waals surface area (Å²) in [5.41, 5.74) is 4.19. The fourth-order valence-corrected chi connectivity index (χ4v) is 7.58. The van der Waals surface area contributed by atoms with Crippen LogP contribution >= 0.6 is 0 Å². The lowest BCUT2D eigenvalue weighted by Gasteiger charge is -2.35. The van der Waals surface area contributed by atoms with Gasteiger partial charge in [-0.25, -0.2) is 4.79 Å². The quantitative estimate of drug-likeness (QED) is 0.0904. The second-order valence-corrected chi connectivity index (χ2v) is 13.5. The maximum absolute atomic E-state index is 14.4. The number of fused-ring (bicyclic) bond motifs is 1. The first-order valence-electron chi connectivity index (χ1n) is 18.5. The first kappa shape index (κ1) is 34.3. The van der Waals surface area contributed by atoms with E-state index >= 15 is 0 Å². The van der Waals surface area contributed by atoms with Crippen molar-refractivity contribution in [1.29, 1.82) is 0 Å². The van der Waals surface area contributed by atoms with Gasteiger partial charge in [0.1, 0.15) is 11.6 Å². The molecule has 0 amide bonds. The summed E-state index contributed by atoms with van der Waals surface area (Å²) in [6.07, 6.45) is 2.94. The highest BCUT2D eigenvalue weighted by Gasteiger charge is 2.41. The van der Waals surface area contributed by atoms with Crippen LogP contribution in [0.5, 0.6) is 5.88 Å². The van der Waals surface area contributed by atoms with Crippen molar-refractivity contribution in [3.8, 4) is 5.88 Å². The monoisotopic (exact) mass is 701 g/mol. The fraction of sp³-hybridized carbons (Fsp3) is 0.222. The van der Waals surface area contributed by atoms with Crippen molar-refractivity contribution < 1.29 is 9.47 Å². The number of benzene rings is 5. The number of likely N-dealkylation sites (tertiary alicyclic amines) is 1. The van der Waals surface area contributed by atoms with E-state index in [0.29, 0.717) is 18.1 Å². The summed E-state index contributed by atoms with van der Waals surface area (Å²) in [4.78, 5) is 16.8. The number of rotatable bonds is 13. The van der Waals surface area contributed by atoms with Crippen molar-refractivity contribution >= 4 is 5.65 Å². The summed E-state index contributed by atoms with van der Waals surface area (Å²) in [5.74, 6) is 0.392. The van der Waals surface area contributed by atoms with E-state index in [4.69, 9.17) is 14.6 Å². The summed E-state index contributed by atoms with van der Waals surface area (Å²) in [7, 11) is 0. The third-order valence-electron chi connectivity index (χ3n) is 10.2. The Labute approximate surface area is 309 Å². The van der Waals surface area contributed by atoms with Crippen molar-refractivity contribution in [2.75, 3.05) is 26.2 Å². The van der Waals surface area contributed by atoms with Crippen molar-refractivity contribution in [2.45, 2.75) is 37.0 Å². The molecule has 1 fully saturated rings. The number of aromatic nitrogens is 4. The number of hydrogen-bond acceptors (Lipinski definition) is 6. The Hall–Kier alpha value is -5.83. The van der Waals surface area contributed by atoms with Crippen LogP contribution in [0.15, 0.2) is 169 Å². The van der Waals surface area contributed by atoms with Gasteiger partial charge in [0.2, 0.25) is 5.88 Å². The van der Waals surface area contributed by atoms with Crippen LogP contribution in [-0.4, -0.2) is 56.6 Å². The van der Waals surface area contributed by atoms with E-state index in [1.165, 1.54) is 15.6 Å². The molecule has 0 spiro atoms. The second kappa shape index (κ2) is 15.8. The number of ether oxygens (including phenoxy) is 2. The Morgan fingerprint density at radius 2 is 1.11 bits per heavy atom. The molecule has 7 aromatic rings. The molecular weight excluding hydrogens is 659 g/mol. The van der Waals surface area contributed by atoms with Crippen LogP contribution in [0.4, 0.5) is 0 Å². The molecule has 1 aliphatic rings. The maximum Gasteiger partial charge on any atom is 0.368 e. The molecule has 3 heterocycles. The highest BCUT2D eigenvalue weighted by atomic mass is 16.5. The molecule has 0 aliphatic carbocycles. The molecule has 0 bridgehead atoms. The van der Waals surface area contributed by atoms with Gasteiger partial charge in [-0.15, -0.1) is 10.2 Å². The SMILES string of the molecule is O=c1n(C(c2ccccc2)(c2ccccc2)c2ccccc2)nc2ccc(OCCCN3CCC(OC(c4ccccc4)c4ccccc4)CC3)nn12. The van der Waals surface area contributed by atoms with Crippen LogP contribution in [0.2, 0.25) is 0 Å². The zero-order chi connectivity index (χ0) is 35.9. The average molecular weight is 702 g/mol. The molecule has 8 heteroatoms. The van der Waals surface area contributed by atoms with E-state index in [-0.39, 0.29) is 17.9 Å². The lowest BCUT2D eigenvalue weighted by Crippen LogP contribution is -2.45. The standard InChI is InChI=1S/C45H43N5O3/c51-44-49-41(46-50(44)45(37-21-10-3-11-22-37,38-23-12-4-13-24-38)39-25-14-5-15-26-39)27-28-42(47-49)52-34-16-31-48-32-29-40(30-33-48)53-43(35-17-6-1-7-18-35)36-19-8-2-9-20-36/h1-15,17-28,40,43H,16,29-34H2. The predicted molar refractivity (Wildman–Crippen MR) is 207 cm³/mol. The van der Waals surface area contributed by atoms with Crippen LogP contribution in [0.3, 0.4) is 0 Å². The molecule has 266 valence electrons.